The predicted molar refractivity (Wildman–Crippen MR) is 144 cm³/mol. The largest absolute Gasteiger partial charge is 1.00 e. The highest BCUT2D eigenvalue weighted by atomic mass is 79.9. The van der Waals surface area contributed by atoms with E-state index in [0.717, 1.165) is 59.9 Å². The lowest BCUT2D eigenvalue weighted by Gasteiger charge is -2.52. The van der Waals surface area contributed by atoms with Crippen molar-refractivity contribution in [2.24, 2.45) is 17.8 Å². The maximum Gasteiger partial charge on any atom is 0.231 e. The zero-order valence-electron chi connectivity index (χ0n) is 21.6. The summed E-state index contributed by atoms with van der Waals surface area (Å²) in [6.07, 6.45) is 10.2. The highest BCUT2D eigenvalue weighted by Gasteiger charge is 2.48. The number of piperidine rings is 3. The fourth-order valence-corrected chi connectivity index (χ4v) is 8.33. The van der Waals surface area contributed by atoms with E-state index in [-0.39, 0.29) is 22.9 Å². The number of halogens is 1. The topological polar surface area (TPSA) is 46.3 Å². The van der Waals surface area contributed by atoms with Gasteiger partial charge in [-0.15, -0.1) is 11.8 Å². The minimum Gasteiger partial charge on any atom is -1.00 e. The van der Waals surface area contributed by atoms with E-state index in [4.69, 9.17) is 9.40 Å². The van der Waals surface area contributed by atoms with Gasteiger partial charge >= 0.3 is 0 Å². The summed E-state index contributed by atoms with van der Waals surface area (Å²) in [7, 11) is 0. The Bertz CT molecular complexity index is 1130. The molecule has 7 rings (SSSR count). The number of thioether (sulfide) groups is 1. The van der Waals surface area contributed by atoms with E-state index in [9.17, 15) is 5.11 Å². The summed E-state index contributed by atoms with van der Waals surface area (Å²) in [5, 5.41) is 12.2. The number of fused-ring (bicyclic) bond motifs is 3. The van der Waals surface area contributed by atoms with Crippen LogP contribution < -0.4 is 17.0 Å². The standard InChI is InChI=1S/C31H39N2O2S.BrH/c34-31(26-10-4-1-5-11-26,27-12-6-2-7-13-27)30-32-20-28(35-30)22-33-18-16-24(17-19-33)25(21-33)23-36-29-14-8-3-9-15-29;/h1,3-5,8-11,14-15,20,24-25,27,34H,2,6-7,12-13,16-19,21-23H2;1H/q+1;/p-1/t24?,25?,31-,33?;/m0./s1. The van der Waals surface area contributed by atoms with Gasteiger partial charge in [-0.25, -0.2) is 4.98 Å². The first-order valence-corrected chi connectivity index (χ1v) is 14.9. The molecule has 0 spiro atoms. The smallest absolute Gasteiger partial charge is 0.231 e. The van der Waals surface area contributed by atoms with Gasteiger partial charge in [-0.1, -0.05) is 67.8 Å². The Labute approximate surface area is 236 Å². The molecule has 198 valence electrons. The van der Waals surface area contributed by atoms with Gasteiger partial charge in [0.15, 0.2) is 11.4 Å². The second-order valence-corrected chi connectivity index (χ2v) is 12.5. The van der Waals surface area contributed by atoms with Gasteiger partial charge in [-0.3, -0.25) is 0 Å². The third-order valence-corrected chi connectivity index (χ3v) is 10.4. The van der Waals surface area contributed by atoms with Crippen LogP contribution in [0.25, 0.3) is 0 Å². The Morgan fingerprint density at radius 1 is 0.919 bits per heavy atom. The molecule has 6 heteroatoms. The van der Waals surface area contributed by atoms with E-state index in [1.54, 1.807) is 0 Å². The lowest BCUT2D eigenvalue weighted by Crippen LogP contribution is -3.00. The molecular weight excluding hydrogens is 544 g/mol. The Kier molecular flexibility index (Phi) is 8.49. The van der Waals surface area contributed by atoms with Crippen LogP contribution in [-0.2, 0) is 12.1 Å². The van der Waals surface area contributed by atoms with E-state index in [1.807, 2.05) is 48.3 Å². The van der Waals surface area contributed by atoms with Crippen LogP contribution in [0.5, 0.6) is 0 Å². The molecule has 1 aliphatic carbocycles. The number of nitrogens with zero attached hydrogens (tertiary/aromatic N) is 2. The maximum atomic E-state index is 12.2. The van der Waals surface area contributed by atoms with Crippen LogP contribution in [0.15, 0.2) is 76.2 Å². The number of hydrogen-bond acceptors (Lipinski definition) is 4. The molecule has 1 unspecified atom stereocenters. The molecule has 4 aliphatic rings. The zero-order chi connectivity index (χ0) is 24.4. The molecule has 0 amide bonds. The molecular formula is C31H39BrN2O2S. The third-order valence-electron chi connectivity index (χ3n) is 9.22. The van der Waals surface area contributed by atoms with Gasteiger partial charge in [0.2, 0.25) is 5.89 Å². The number of quaternary nitrogens is 1. The molecule has 2 bridgehead atoms. The highest BCUT2D eigenvalue weighted by molar-refractivity contribution is 7.99. The number of oxazole rings is 1. The third kappa shape index (κ3) is 5.59. The molecule has 3 saturated heterocycles. The Morgan fingerprint density at radius 3 is 2.30 bits per heavy atom. The van der Waals surface area contributed by atoms with Crippen molar-refractivity contribution in [3.63, 3.8) is 0 Å². The fourth-order valence-electron chi connectivity index (χ4n) is 7.20. The fraction of sp³-hybridized carbons (Fsp3) is 0.516. The second kappa shape index (κ2) is 11.6. The van der Waals surface area contributed by atoms with Gasteiger partial charge in [0.1, 0.15) is 6.54 Å². The number of aromatic nitrogens is 1. The monoisotopic (exact) mass is 582 g/mol. The summed E-state index contributed by atoms with van der Waals surface area (Å²) in [6.45, 7) is 4.59. The number of rotatable bonds is 8. The number of hydrogen-bond donors (Lipinski definition) is 1. The van der Waals surface area contributed by atoms with Crippen molar-refractivity contribution < 1.29 is 31.0 Å². The van der Waals surface area contributed by atoms with E-state index in [0.29, 0.717) is 5.89 Å². The van der Waals surface area contributed by atoms with Crippen LogP contribution in [0.2, 0.25) is 0 Å². The summed E-state index contributed by atoms with van der Waals surface area (Å²) in [5.41, 5.74) is -0.238. The van der Waals surface area contributed by atoms with Gasteiger partial charge in [0.25, 0.3) is 0 Å². The molecule has 4 fully saturated rings. The summed E-state index contributed by atoms with van der Waals surface area (Å²) in [4.78, 5) is 6.13. The van der Waals surface area contributed by atoms with Crippen molar-refractivity contribution in [3.05, 3.63) is 84.1 Å². The molecule has 1 aromatic heterocycles. The lowest BCUT2D eigenvalue weighted by atomic mass is 9.73. The molecule has 37 heavy (non-hydrogen) atoms. The Hall–Kier alpha value is -1.60. The van der Waals surface area contributed by atoms with Crippen molar-refractivity contribution in [3.8, 4) is 0 Å². The predicted octanol–water partition coefficient (Wildman–Crippen LogP) is 3.64. The van der Waals surface area contributed by atoms with E-state index < -0.39 is 5.60 Å². The molecule has 2 atom stereocenters. The first-order valence-electron chi connectivity index (χ1n) is 13.9. The van der Waals surface area contributed by atoms with Crippen molar-refractivity contribution in [1.29, 1.82) is 0 Å². The molecule has 4 heterocycles. The van der Waals surface area contributed by atoms with Gasteiger partial charge in [-0.2, -0.15) is 0 Å². The zero-order valence-corrected chi connectivity index (χ0v) is 24.0. The van der Waals surface area contributed by atoms with E-state index in [2.05, 4.69) is 30.3 Å². The summed E-state index contributed by atoms with van der Waals surface area (Å²) >= 11 is 2.01. The van der Waals surface area contributed by atoms with E-state index in [1.165, 1.54) is 49.5 Å². The molecule has 1 N–H and O–H groups in total. The normalized spacial score (nSPS) is 27.4. The maximum absolute atomic E-state index is 12.2. The van der Waals surface area contributed by atoms with Crippen molar-refractivity contribution in [1.82, 2.24) is 4.98 Å². The first-order chi connectivity index (χ1) is 17.6. The number of aliphatic hydroxyl groups is 1. The molecule has 1 saturated carbocycles. The second-order valence-electron chi connectivity index (χ2n) is 11.5. The minimum absolute atomic E-state index is 0. The highest BCUT2D eigenvalue weighted by Crippen LogP contribution is 2.45. The van der Waals surface area contributed by atoms with Crippen molar-refractivity contribution in [2.45, 2.75) is 62.0 Å². The van der Waals surface area contributed by atoms with Crippen LogP contribution in [0, 0.1) is 17.8 Å². The van der Waals surface area contributed by atoms with Gasteiger partial charge < -0.3 is 31.0 Å². The molecule has 0 radical (unpaired) electrons. The van der Waals surface area contributed by atoms with Gasteiger partial charge in [0, 0.05) is 35.3 Å². The summed E-state index contributed by atoms with van der Waals surface area (Å²) in [6, 6.07) is 20.9. The Balaban J connectivity index is 0.00000280. The summed E-state index contributed by atoms with van der Waals surface area (Å²) < 4.78 is 7.60. The molecule has 4 nitrogen and oxygen atoms in total. The molecule has 3 aliphatic heterocycles. The van der Waals surface area contributed by atoms with Crippen LogP contribution in [0.3, 0.4) is 0 Å². The lowest BCUT2D eigenvalue weighted by molar-refractivity contribution is -0.959. The van der Waals surface area contributed by atoms with Gasteiger partial charge in [0.05, 0.1) is 25.8 Å². The van der Waals surface area contributed by atoms with Gasteiger partial charge in [-0.05, 0) is 36.5 Å². The minimum atomic E-state index is -1.15. The first kappa shape index (κ1) is 27.0. The van der Waals surface area contributed by atoms with Crippen LogP contribution in [-0.4, -0.2) is 40.0 Å². The van der Waals surface area contributed by atoms with Crippen LogP contribution in [0.4, 0.5) is 0 Å². The molecule has 3 aromatic rings. The van der Waals surface area contributed by atoms with Crippen molar-refractivity contribution in [2.75, 3.05) is 25.4 Å². The van der Waals surface area contributed by atoms with E-state index >= 15 is 0 Å². The SMILES string of the molecule is O[C@](c1ccccc1)(c1ncc(C[N+]23CCC(CC2)C(CSc2ccccc2)C3)o1)C1CCCCC1.[Br-]. The van der Waals surface area contributed by atoms with Crippen molar-refractivity contribution >= 4 is 11.8 Å². The Morgan fingerprint density at radius 2 is 1.59 bits per heavy atom. The van der Waals surface area contributed by atoms with Crippen LogP contribution in [0.1, 0.15) is 62.2 Å². The summed E-state index contributed by atoms with van der Waals surface area (Å²) in [5.74, 6) is 4.40. The average molecular weight is 584 g/mol. The quantitative estimate of drug-likeness (QED) is 0.325. The molecule has 2 aromatic carbocycles. The van der Waals surface area contributed by atoms with Crippen LogP contribution >= 0.6 is 11.8 Å². The number of benzene rings is 2. The average Bonchev–Trinajstić information content (AvgIpc) is 3.42.